The van der Waals surface area contributed by atoms with Crippen molar-refractivity contribution in [3.05, 3.63) is 186 Å². The Kier molecular flexibility index (Phi) is 16.2. The topological polar surface area (TPSA) is 189 Å². The maximum absolute atomic E-state index is 14.0. The molecule has 4 aromatic carbocycles. The highest BCUT2D eigenvalue weighted by Crippen LogP contribution is 2.38. The average molecular weight is 1240 g/mol. The summed E-state index contributed by atoms with van der Waals surface area (Å²) in [5.74, 6) is 0.390. The highest BCUT2D eigenvalue weighted by molar-refractivity contribution is 7.90. The van der Waals surface area contributed by atoms with Gasteiger partial charge >= 0.3 is 0 Å². The van der Waals surface area contributed by atoms with Gasteiger partial charge in [0.25, 0.3) is 30.1 Å². The number of para-hydroxylation sites is 1. The third-order valence-electron chi connectivity index (χ3n) is 17.5. The molecule has 11 heterocycles. The second-order valence-electron chi connectivity index (χ2n) is 23.3. The molecule has 0 amide bonds. The van der Waals surface area contributed by atoms with Crippen molar-refractivity contribution in [2.75, 3.05) is 115 Å². The van der Waals surface area contributed by atoms with Gasteiger partial charge < -0.3 is 35.0 Å². The molecule has 0 bridgehead atoms. The number of morpholine rings is 1. The van der Waals surface area contributed by atoms with Crippen LogP contribution < -0.4 is 15.5 Å². The van der Waals surface area contributed by atoms with Gasteiger partial charge in [0, 0.05) is 141 Å². The molecule has 0 saturated carbocycles. The number of aromatic nitrogens is 5. The minimum atomic E-state index is -3.83. The van der Waals surface area contributed by atoms with Crippen LogP contribution in [-0.4, -0.2) is 162 Å². The molecule has 0 radical (unpaired) electrons. The van der Waals surface area contributed by atoms with Gasteiger partial charge in [-0.1, -0.05) is 36.4 Å². The molecule has 456 valence electrons. The summed E-state index contributed by atoms with van der Waals surface area (Å²) in [6.07, 6.45) is 19.0. The minimum absolute atomic E-state index is 0.149. The summed E-state index contributed by atoms with van der Waals surface area (Å²) in [6.45, 7) is 9.82. The van der Waals surface area contributed by atoms with Crippen LogP contribution in [0.5, 0.6) is 0 Å². The number of ether oxygens (including phenoxy) is 1. The van der Waals surface area contributed by atoms with Crippen molar-refractivity contribution in [2.45, 2.75) is 46.8 Å². The van der Waals surface area contributed by atoms with E-state index < -0.39 is 30.1 Å². The molecule has 1 fully saturated rings. The maximum Gasteiger partial charge on any atom is 0.270 e. The zero-order valence-corrected chi connectivity index (χ0v) is 51.9. The Labute approximate surface area is 513 Å². The lowest BCUT2D eigenvalue weighted by atomic mass is 9.99. The van der Waals surface area contributed by atoms with Gasteiger partial charge in [-0.25, -0.2) is 51.5 Å². The van der Waals surface area contributed by atoms with E-state index in [0.717, 1.165) is 170 Å². The molecule has 0 atom stereocenters. The van der Waals surface area contributed by atoms with E-state index in [-0.39, 0.29) is 15.6 Å². The molecule has 6 aliphatic rings. The number of rotatable bonds is 10. The van der Waals surface area contributed by atoms with E-state index in [4.69, 9.17) is 4.74 Å². The number of likely N-dealkylation sites (N-methyl/N-ethyl adjacent to an activating group) is 3. The first-order valence-corrected chi connectivity index (χ1v) is 34.1. The summed E-state index contributed by atoms with van der Waals surface area (Å²) < 4.78 is 104. The summed E-state index contributed by atoms with van der Waals surface area (Å²) in [7, 11) is -5.07. The third-order valence-corrected chi connectivity index (χ3v) is 22.5. The van der Waals surface area contributed by atoms with Crippen molar-refractivity contribution in [3.63, 3.8) is 0 Å². The largest absolute Gasteiger partial charge is 0.384 e. The third kappa shape index (κ3) is 11.5. The molecule has 18 nitrogen and oxygen atoms in total. The minimum Gasteiger partial charge on any atom is -0.384 e. The van der Waals surface area contributed by atoms with Crippen molar-refractivity contribution in [1.82, 2.24) is 36.6 Å². The maximum atomic E-state index is 14.0. The zero-order chi connectivity index (χ0) is 60.9. The Balaban J connectivity index is 0.000000122. The van der Waals surface area contributed by atoms with Crippen LogP contribution in [0.15, 0.2) is 167 Å². The molecule has 0 aliphatic carbocycles. The van der Waals surface area contributed by atoms with Crippen LogP contribution in [0.4, 0.5) is 21.6 Å². The smallest absolute Gasteiger partial charge is 0.270 e. The highest BCUT2D eigenvalue weighted by Gasteiger charge is 2.29. The second-order valence-corrected chi connectivity index (χ2v) is 28.7. The van der Waals surface area contributed by atoms with Crippen molar-refractivity contribution in [3.8, 4) is 0 Å². The number of pyridine rings is 2. The Morgan fingerprint density at radius 3 is 1.53 bits per heavy atom. The van der Waals surface area contributed by atoms with Gasteiger partial charge in [-0.3, -0.25) is 0 Å². The average Bonchev–Trinajstić information content (AvgIpc) is 2.31. The Bertz CT molecular complexity index is 4620. The molecule has 1 saturated heterocycles. The van der Waals surface area contributed by atoms with Gasteiger partial charge in [-0.2, -0.15) is 0 Å². The van der Waals surface area contributed by atoms with Gasteiger partial charge in [0.1, 0.15) is 16.5 Å². The fourth-order valence-electron chi connectivity index (χ4n) is 12.5. The molecular formula is C66H70FN11O7S3. The molecule has 9 aromatic rings. The molecule has 0 spiro atoms. The van der Waals surface area contributed by atoms with E-state index in [1.165, 1.54) is 35.8 Å². The summed E-state index contributed by atoms with van der Waals surface area (Å²) >= 11 is 0. The summed E-state index contributed by atoms with van der Waals surface area (Å²) in [5, 5.41) is 9.01. The van der Waals surface area contributed by atoms with Crippen molar-refractivity contribution >= 4 is 96.8 Å². The number of nitrogens with zero attached hydrogens (tertiary/aromatic N) is 9. The summed E-state index contributed by atoms with van der Waals surface area (Å²) in [4.78, 5) is 18.4. The molecule has 6 aliphatic heterocycles. The summed E-state index contributed by atoms with van der Waals surface area (Å²) in [6, 6.07) is 29.8. The first-order valence-electron chi connectivity index (χ1n) is 29.8. The highest BCUT2D eigenvalue weighted by atomic mass is 32.2. The molecule has 2 N–H and O–H groups in total. The van der Waals surface area contributed by atoms with E-state index in [0.29, 0.717) is 34.7 Å². The van der Waals surface area contributed by atoms with Crippen LogP contribution >= 0.6 is 0 Å². The number of benzene rings is 4. The van der Waals surface area contributed by atoms with E-state index in [1.54, 1.807) is 55.0 Å². The number of hydrogen-bond acceptors (Lipinski definition) is 15. The van der Waals surface area contributed by atoms with Gasteiger partial charge in [-0.15, -0.1) is 0 Å². The second kappa shape index (κ2) is 24.2. The van der Waals surface area contributed by atoms with E-state index in [2.05, 4.69) is 72.5 Å². The van der Waals surface area contributed by atoms with Crippen LogP contribution in [0, 0.1) is 5.82 Å². The lowest BCUT2D eigenvalue weighted by Crippen LogP contribution is -2.36. The molecule has 88 heavy (non-hydrogen) atoms. The fourth-order valence-corrected chi connectivity index (χ4v) is 16.6. The standard InChI is InChI=1S/C22H22FN3O2S.C22H25N5O3S.C22H23N3O2S/c1-25-10-7-15(8-11-25)20-14-26(22-5-2-17(23)13-19(20)22)29(27,28)18-3-4-21-16(12-18)6-9-24-21;1-25-9-6-17(7-10-25)20-16-27(22-19(20)3-2-8-23-22)31(28,29)18-4-5-21(24-15-18)26-11-13-30-14-12-26;1-24-12-9-16(10-13-24)20-15-25(22-5-3-2-4-19(20)22)28(26,27)18-6-7-21-17(14-18)8-11-23-21/h2-5,7,12-14,24H,6,8-11H2,1H3;2-6,8,15-16H,7,9-14H2,1H3;2-7,9,14-15,23H,8,10-13H2,1H3. The molecule has 15 rings (SSSR count). The van der Waals surface area contributed by atoms with Crippen molar-refractivity contribution in [2.24, 2.45) is 0 Å². The van der Waals surface area contributed by atoms with Crippen LogP contribution in [-0.2, 0) is 47.6 Å². The van der Waals surface area contributed by atoms with Gasteiger partial charge in [0.2, 0.25) is 0 Å². The van der Waals surface area contributed by atoms with Gasteiger partial charge in [0.05, 0.1) is 34.0 Å². The van der Waals surface area contributed by atoms with Crippen LogP contribution in [0.1, 0.15) is 47.1 Å². The lowest BCUT2D eigenvalue weighted by molar-refractivity contribution is 0.122. The van der Waals surface area contributed by atoms with Crippen LogP contribution in [0.2, 0.25) is 0 Å². The van der Waals surface area contributed by atoms with Crippen molar-refractivity contribution < 1.29 is 34.4 Å². The Hall–Kier alpha value is -7.96. The van der Waals surface area contributed by atoms with Gasteiger partial charge in [0.15, 0.2) is 5.65 Å². The quantitative estimate of drug-likeness (QED) is 0.132. The van der Waals surface area contributed by atoms with Gasteiger partial charge in [-0.05, 0) is 166 Å². The first kappa shape index (κ1) is 59.0. The zero-order valence-electron chi connectivity index (χ0n) is 49.4. The monoisotopic (exact) mass is 1240 g/mol. The molecule has 0 unspecified atom stereocenters. The number of anilines is 3. The fraction of sp³-hybridized carbons (Fsp3) is 0.303. The lowest BCUT2D eigenvalue weighted by Gasteiger charge is -2.27. The number of fused-ring (bicyclic) bond motifs is 5. The van der Waals surface area contributed by atoms with Crippen LogP contribution in [0.3, 0.4) is 0 Å². The Morgan fingerprint density at radius 1 is 0.489 bits per heavy atom. The predicted octanol–water partition coefficient (Wildman–Crippen LogP) is 9.49. The molecular weight excluding hydrogens is 1170 g/mol. The SMILES string of the molecule is CN1CC=C(c2cn(S(=O)(=O)c3ccc(N4CCOCC4)nc3)c3ncccc23)CC1.CN1CC=C(c2cn(S(=O)(=O)c3ccc4c(c3)CCN4)c3ccc(F)cc23)CC1.CN1CC=C(c2cn(S(=O)(=O)c3ccc4c(c3)CCN4)c3ccccc23)CC1. The first-order chi connectivity index (χ1) is 42.5. The number of nitrogens with one attached hydrogen (secondary N) is 2. The number of halogens is 1. The van der Waals surface area contributed by atoms with E-state index in [9.17, 15) is 29.6 Å². The number of hydrogen-bond donors (Lipinski definition) is 2. The molecule has 22 heteroatoms. The van der Waals surface area contributed by atoms with Crippen molar-refractivity contribution in [1.29, 1.82) is 0 Å². The van der Waals surface area contributed by atoms with Crippen LogP contribution in [0.25, 0.3) is 49.6 Å². The molecule has 5 aromatic heterocycles. The van der Waals surface area contributed by atoms with E-state index >= 15 is 0 Å². The normalized spacial score (nSPS) is 17.7. The van der Waals surface area contributed by atoms with E-state index in [1.807, 2.05) is 67.8 Å². The predicted molar refractivity (Wildman–Crippen MR) is 346 cm³/mol. The summed E-state index contributed by atoms with van der Waals surface area (Å²) in [5.41, 5.74) is 12.0. The Morgan fingerprint density at radius 2 is 0.989 bits per heavy atom.